The molecule has 41 heavy (non-hydrogen) atoms. The number of aryl methyl sites for hydroxylation is 1. The fraction of sp³-hybridized carbons (Fsp3) is 0.769. The highest BCUT2D eigenvalue weighted by Gasteiger charge is 2.09. The van der Waals surface area contributed by atoms with Crippen molar-refractivity contribution in [3.63, 3.8) is 0 Å². The Kier molecular flexibility index (Phi) is 32.0. The minimum absolute atomic E-state index is 0.0677. The summed E-state index contributed by atoms with van der Waals surface area (Å²) < 4.78 is 4.99. The van der Waals surface area contributed by atoms with Crippen LogP contribution in [0.5, 0.6) is 0 Å². The van der Waals surface area contributed by atoms with E-state index in [9.17, 15) is 4.79 Å². The number of unbranched alkanes of at least 4 members (excludes halogenated alkanes) is 7. The second-order valence-electron chi connectivity index (χ2n) is 12.6. The molecule has 0 radical (unpaired) electrons. The topological polar surface area (TPSA) is 26.3 Å². The molecule has 0 aromatic heterocycles. The van der Waals surface area contributed by atoms with Crippen molar-refractivity contribution in [2.75, 3.05) is 0 Å². The fourth-order valence-electron chi connectivity index (χ4n) is 4.30. The summed E-state index contributed by atoms with van der Waals surface area (Å²) in [6.45, 7) is 28.8. The van der Waals surface area contributed by atoms with E-state index in [-0.39, 0.29) is 17.3 Å². The highest BCUT2D eigenvalue weighted by molar-refractivity contribution is 5.97. The van der Waals surface area contributed by atoms with Crippen molar-refractivity contribution < 1.29 is 9.53 Å². The second-order valence-corrected chi connectivity index (χ2v) is 12.6. The fourth-order valence-corrected chi connectivity index (χ4v) is 4.30. The molecule has 0 spiro atoms. The van der Waals surface area contributed by atoms with Crippen molar-refractivity contribution in [3.8, 4) is 0 Å². The highest BCUT2D eigenvalue weighted by atomic mass is 16.5. The lowest BCUT2D eigenvalue weighted by molar-refractivity contribution is 0.0774. The first-order valence-corrected chi connectivity index (χ1v) is 17.4. The smallest absolute Gasteiger partial charge is 0.165 e. The molecule has 0 aliphatic heterocycles. The van der Waals surface area contributed by atoms with E-state index in [1.54, 1.807) is 0 Å². The molecule has 0 aliphatic carbocycles. The summed E-state index contributed by atoms with van der Waals surface area (Å²) in [5.74, 6) is 2.26. The summed E-state index contributed by atoms with van der Waals surface area (Å²) in [6.07, 6.45) is 20.5. The Hall–Kier alpha value is -1.57. The van der Waals surface area contributed by atoms with Crippen LogP contribution in [0.2, 0.25) is 0 Å². The Labute approximate surface area is 259 Å². The molecule has 2 heteroatoms. The van der Waals surface area contributed by atoms with Gasteiger partial charge < -0.3 is 4.74 Å². The predicted molar refractivity (Wildman–Crippen MR) is 187 cm³/mol. The van der Waals surface area contributed by atoms with Gasteiger partial charge in [0.2, 0.25) is 0 Å². The van der Waals surface area contributed by atoms with Crippen molar-refractivity contribution >= 4 is 5.78 Å². The van der Waals surface area contributed by atoms with Crippen LogP contribution in [0.25, 0.3) is 0 Å². The first kappa shape index (κ1) is 43.9. The third-order valence-corrected chi connectivity index (χ3v) is 7.44. The number of Topliss-reactive ketones (excluding diaryl/α,β-unsaturated/α-hetero) is 1. The first-order chi connectivity index (χ1) is 19.4. The van der Waals surface area contributed by atoms with Crippen LogP contribution >= 0.6 is 0 Å². The molecule has 0 fully saturated rings. The summed E-state index contributed by atoms with van der Waals surface area (Å²) >= 11 is 0. The second kappa shape index (κ2) is 29.9. The normalized spacial score (nSPS) is 11.4. The Morgan fingerprint density at radius 3 is 1.63 bits per heavy atom. The number of hydrogen-bond donors (Lipinski definition) is 0. The molecule has 1 unspecified atom stereocenters. The minimum Gasteiger partial charge on any atom is -0.496 e. The van der Waals surface area contributed by atoms with E-state index in [0.29, 0.717) is 0 Å². The summed E-state index contributed by atoms with van der Waals surface area (Å²) in [7, 11) is 0. The molecule has 0 aliphatic rings. The van der Waals surface area contributed by atoms with Crippen molar-refractivity contribution in [3.05, 3.63) is 48.2 Å². The van der Waals surface area contributed by atoms with E-state index in [0.717, 1.165) is 23.8 Å². The Balaban J connectivity index is -0.000000602. The largest absolute Gasteiger partial charge is 0.496 e. The van der Waals surface area contributed by atoms with Gasteiger partial charge in [0, 0.05) is 11.5 Å². The van der Waals surface area contributed by atoms with Crippen LogP contribution in [0, 0.1) is 17.8 Å². The SMILES string of the molecule is C=COC(C)(C)C.CC.CCC(C)CCC(CC)CC.CCCCCCCCCCc1ccc(C(=O)C(C)C)cc1. The zero-order valence-electron chi connectivity index (χ0n) is 30.0. The molecule has 1 rings (SSSR count). The Morgan fingerprint density at radius 1 is 0.780 bits per heavy atom. The van der Waals surface area contributed by atoms with Gasteiger partial charge >= 0.3 is 0 Å². The van der Waals surface area contributed by atoms with Gasteiger partial charge in [0.1, 0.15) is 0 Å². The van der Waals surface area contributed by atoms with Gasteiger partial charge in [-0.2, -0.15) is 0 Å². The molecule has 1 aromatic carbocycles. The van der Waals surface area contributed by atoms with Gasteiger partial charge in [0.05, 0.1) is 11.9 Å². The molecular formula is C39H74O2. The summed E-state index contributed by atoms with van der Waals surface area (Å²) in [4.78, 5) is 11.9. The van der Waals surface area contributed by atoms with Crippen LogP contribution in [-0.4, -0.2) is 11.4 Å². The van der Waals surface area contributed by atoms with E-state index in [4.69, 9.17) is 4.74 Å². The maximum absolute atomic E-state index is 11.9. The lowest BCUT2D eigenvalue weighted by Gasteiger charge is -2.16. The zero-order chi connectivity index (χ0) is 32.1. The van der Waals surface area contributed by atoms with Gasteiger partial charge in [-0.05, 0) is 51.0 Å². The van der Waals surface area contributed by atoms with E-state index in [2.05, 4.69) is 53.3 Å². The van der Waals surface area contributed by atoms with E-state index >= 15 is 0 Å². The lowest BCUT2D eigenvalue weighted by Crippen LogP contribution is -2.14. The highest BCUT2D eigenvalue weighted by Crippen LogP contribution is 2.19. The molecule has 2 nitrogen and oxygen atoms in total. The number of ketones is 1. The van der Waals surface area contributed by atoms with Crippen molar-refractivity contribution in [1.82, 2.24) is 0 Å². The summed E-state index contributed by atoms with van der Waals surface area (Å²) in [5, 5.41) is 0. The molecule has 1 aromatic rings. The van der Waals surface area contributed by atoms with E-state index in [1.165, 1.54) is 95.3 Å². The van der Waals surface area contributed by atoms with Crippen LogP contribution < -0.4 is 0 Å². The zero-order valence-corrected chi connectivity index (χ0v) is 30.0. The molecule has 0 bridgehead atoms. The number of hydrogen-bond acceptors (Lipinski definition) is 2. The van der Waals surface area contributed by atoms with Crippen molar-refractivity contribution in [2.24, 2.45) is 17.8 Å². The number of rotatable bonds is 18. The standard InChI is InChI=1S/C20H32O.C11H24.C6H12O.C2H6/c1-4-5-6-7-8-9-10-11-12-18-13-15-19(16-14-18)20(21)17(2)3;1-5-10(4)8-9-11(6-2)7-3;1-5-7-6(2,3)4;1-2/h13-17H,4-12H2,1-3H3;10-11H,5-9H2,1-4H3;5H,1H2,2-4H3;1-2H3. The van der Waals surface area contributed by atoms with E-state index < -0.39 is 0 Å². The van der Waals surface area contributed by atoms with Gasteiger partial charge in [-0.1, -0.05) is 170 Å². The minimum atomic E-state index is -0.0677. The molecular weight excluding hydrogens is 500 g/mol. The monoisotopic (exact) mass is 575 g/mol. The quantitative estimate of drug-likeness (QED) is 0.0990. The van der Waals surface area contributed by atoms with Gasteiger partial charge in [-0.3, -0.25) is 4.79 Å². The van der Waals surface area contributed by atoms with Crippen molar-refractivity contribution in [1.29, 1.82) is 0 Å². The average Bonchev–Trinajstić information content (AvgIpc) is 2.96. The Bertz CT molecular complexity index is 677. The third kappa shape index (κ3) is 29.7. The number of carbonyl (C=O) groups excluding carboxylic acids is 1. The van der Waals surface area contributed by atoms with Crippen LogP contribution in [0.1, 0.15) is 182 Å². The van der Waals surface area contributed by atoms with Gasteiger partial charge in [-0.15, -0.1) is 0 Å². The first-order valence-electron chi connectivity index (χ1n) is 17.4. The molecule has 0 heterocycles. The average molecular weight is 575 g/mol. The molecule has 242 valence electrons. The maximum Gasteiger partial charge on any atom is 0.165 e. The molecule has 0 saturated heterocycles. The van der Waals surface area contributed by atoms with Crippen LogP contribution in [-0.2, 0) is 11.2 Å². The molecule has 0 amide bonds. The van der Waals surface area contributed by atoms with Gasteiger partial charge in [0.15, 0.2) is 5.78 Å². The molecule has 1 atom stereocenters. The predicted octanol–water partition coefficient (Wildman–Crippen LogP) is 13.4. The molecule has 0 N–H and O–H groups in total. The molecule has 0 saturated carbocycles. The van der Waals surface area contributed by atoms with Crippen LogP contribution in [0.15, 0.2) is 37.1 Å². The summed E-state index contributed by atoms with van der Waals surface area (Å²) in [5.41, 5.74) is 2.15. The maximum atomic E-state index is 11.9. The number of benzene rings is 1. The number of carbonyl (C=O) groups is 1. The van der Waals surface area contributed by atoms with E-state index in [1.807, 2.05) is 60.6 Å². The van der Waals surface area contributed by atoms with Crippen LogP contribution in [0.4, 0.5) is 0 Å². The van der Waals surface area contributed by atoms with Crippen molar-refractivity contribution in [2.45, 2.75) is 179 Å². The van der Waals surface area contributed by atoms with Gasteiger partial charge in [-0.25, -0.2) is 0 Å². The lowest BCUT2D eigenvalue weighted by atomic mass is 9.92. The third-order valence-electron chi connectivity index (χ3n) is 7.44. The number of ether oxygens (including phenoxy) is 1. The summed E-state index contributed by atoms with van der Waals surface area (Å²) in [6, 6.07) is 8.22. The van der Waals surface area contributed by atoms with Gasteiger partial charge in [0.25, 0.3) is 0 Å². The Morgan fingerprint density at radius 2 is 1.27 bits per heavy atom. The van der Waals surface area contributed by atoms with Crippen LogP contribution in [0.3, 0.4) is 0 Å².